The van der Waals surface area contributed by atoms with Gasteiger partial charge in [0.25, 0.3) is 0 Å². The Kier molecular flexibility index (Phi) is 6.38. The molecule has 0 aliphatic heterocycles. The number of benzene rings is 2. The Morgan fingerprint density at radius 1 is 1.08 bits per heavy atom. The number of rotatable bonds is 7. The van der Waals surface area contributed by atoms with Crippen LogP contribution < -0.4 is 10.6 Å². The van der Waals surface area contributed by atoms with E-state index in [2.05, 4.69) is 41.8 Å². The highest BCUT2D eigenvalue weighted by atomic mass is 16.3. The van der Waals surface area contributed by atoms with Crippen molar-refractivity contribution in [3.8, 4) is 0 Å². The molecule has 2 atom stereocenters. The summed E-state index contributed by atoms with van der Waals surface area (Å²) in [6.07, 6.45) is 1.01. The summed E-state index contributed by atoms with van der Waals surface area (Å²) in [4.78, 5) is 12.4. The summed E-state index contributed by atoms with van der Waals surface area (Å²) >= 11 is 0. The lowest BCUT2D eigenvalue weighted by atomic mass is 10.0. The fraction of sp³-hybridized carbons (Fsp3) is 0.350. The van der Waals surface area contributed by atoms with Crippen LogP contribution >= 0.6 is 0 Å². The molecule has 0 aromatic heterocycles. The third kappa shape index (κ3) is 4.83. The van der Waals surface area contributed by atoms with Gasteiger partial charge in [-0.1, -0.05) is 43.3 Å². The Balaban J connectivity index is 1.94. The summed E-state index contributed by atoms with van der Waals surface area (Å²) < 4.78 is 0. The predicted molar refractivity (Wildman–Crippen MR) is 97.8 cm³/mol. The van der Waals surface area contributed by atoms with Gasteiger partial charge in [0.1, 0.15) is 6.04 Å². The number of amides is 1. The van der Waals surface area contributed by atoms with Crippen LogP contribution in [0.4, 0.5) is 5.69 Å². The number of carbonyl (C=O) groups is 1. The number of aliphatic hydroxyl groups excluding tert-OH is 1. The largest absolute Gasteiger partial charge is 0.392 e. The number of nitrogens with one attached hydrogen (secondary N) is 2. The van der Waals surface area contributed by atoms with E-state index >= 15 is 0 Å². The summed E-state index contributed by atoms with van der Waals surface area (Å²) in [7, 11) is 0. The van der Waals surface area contributed by atoms with E-state index < -0.39 is 0 Å². The number of carbonyl (C=O) groups excluding carboxylic acids is 1. The molecule has 2 rings (SSSR count). The van der Waals surface area contributed by atoms with Gasteiger partial charge in [0, 0.05) is 5.69 Å². The molecule has 0 saturated heterocycles. The van der Waals surface area contributed by atoms with Crippen LogP contribution in [0.5, 0.6) is 0 Å². The maximum atomic E-state index is 12.4. The van der Waals surface area contributed by atoms with E-state index in [1.54, 1.807) is 0 Å². The summed E-state index contributed by atoms with van der Waals surface area (Å²) in [5.41, 5.74) is 4.02. The fourth-order valence-corrected chi connectivity index (χ4v) is 2.54. The van der Waals surface area contributed by atoms with Crippen LogP contribution in [0, 0.1) is 0 Å². The van der Waals surface area contributed by atoms with E-state index in [1.807, 2.05) is 38.1 Å². The van der Waals surface area contributed by atoms with Crippen molar-refractivity contribution < 1.29 is 9.90 Å². The Morgan fingerprint density at radius 2 is 1.79 bits per heavy atom. The van der Waals surface area contributed by atoms with Gasteiger partial charge in [0.15, 0.2) is 0 Å². The number of aliphatic hydroxyl groups is 1. The number of hydrogen-bond acceptors (Lipinski definition) is 3. The van der Waals surface area contributed by atoms with Gasteiger partial charge in [-0.2, -0.15) is 0 Å². The van der Waals surface area contributed by atoms with Crippen molar-refractivity contribution in [3.63, 3.8) is 0 Å². The average Bonchev–Trinajstić information content (AvgIpc) is 2.61. The quantitative estimate of drug-likeness (QED) is 0.730. The second-order valence-corrected chi connectivity index (χ2v) is 6.05. The van der Waals surface area contributed by atoms with Crippen molar-refractivity contribution in [2.24, 2.45) is 0 Å². The van der Waals surface area contributed by atoms with E-state index in [0.29, 0.717) is 0 Å². The first-order valence-corrected chi connectivity index (χ1v) is 8.39. The Morgan fingerprint density at radius 3 is 2.42 bits per heavy atom. The molecule has 128 valence electrons. The van der Waals surface area contributed by atoms with Gasteiger partial charge >= 0.3 is 0 Å². The zero-order valence-corrected chi connectivity index (χ0v) is 14.5. The summed E-state index contributed by atoms with van der Waals surface area (Å²) in [6, 6.07) is 15.3. The first-order chi connectivity index (χ1) is 11.5. The van der Waals surface area contributed by atoms with Gasteiger partial charge < -0.3 is 15.7 Å². The van der Waals surface area contributed by atoms with Gasteiger partial charge in [-0.15, -0.1) is 0 Å². The van der Waals surface area contributed by atoms with Crippen LogP contribution in [0.2, 0.25) is 0 Å². The zero-order valence-electron chi connectivity index (χ0n) is 14.5. The second kappa shape index (κ2) is 8.50. The highest BCUT2D eigenvalue weighted by molar-refractivity contribution is 5.84. The molecule has 2 unspecified atom stereocenters. The molecule has 3 N–H and O–H groups in total. The molecule has 0 fully saturated rings. The molecule has 0 aliphatic rings. The molecule has 4 heteroatoms. The Hall–Kier alpha value is -2.33. The molecule has 0 saturated carbocycles. The summed E-state index contributed by atoms with van der Waals surface area (Å²) in [5.74, 6) is -0.0588. The van der Waals surface area contributed by atoms with Crippen molar-refractivity contribution in [1.82, 2.24) is 5.32 Å². The maximum absolute atomic E-state index is 12.4. The van der Waals surface area contributed by atoms with Gasteiger partial charge in [0.2, 0.25) is 5.91 Å². The third-order valence-electron chi connectivity index (χ3n) is 4.13. The van der Waals surface area contributed by atoms with Gasteiger partial charge in [-0.3, -0.25) is 4.79 Å². The van der Waals surface area contributed by atoms with E-state index in [9.17, 15) is 9.90 Å². The first-order valence-electron chi connectivity index (χ1n) is 8.39. The second-order valence-electron chi connectivity index (χ2n) is 6.05. The highest BCUT2D eigenvalue weighted by Gasteiger charge is 2.16. The summed E-state index contributed by atoms with van der Waals surface area (Å²) in [6.45, 7) is 5.92. The van der Waals surface area contributed by atoms with Crippen molar-refractivity contribution in [3.05, 3.63) is 65.2 Å². The van der Waals surface area contributed by atoms with Crippen LogP contribution in [-0.4, -0.2) is 17.1 Å². The monoisotopic (exact) mass is 326 g/mol. The van der Waals surface area contributed by atoms with E-state index in [0.717, 1.165) is 23.2 Å². The SMILES string of the molecule is CCc1ccc(C(C)NC(=O)C(C)Nc2cccc(CO)c2)cc1. The molecule has 0 bridgehead atoms. The molecule has 2 aromatic rings. The minimum absolute atomic E-state index is 0.0130. The third-order valence-corrected chi connectivity index (χ3v) is 4.13. The standard InChI is InChI=1S/C20H26N2O2/c1-4-16-8-10-18(11-9-16)14(2)22-20(24)15(3)21-19-7-5-6-17(12-19)13-23/h5-12,14-15,21,23H,4,13H2,1-3H3,(H,22,24). The number of anilines is 1. The van der Waals surface area contributed by atoms with Crippen LogP contribution in [0.3, 0.4) is 0 Å². The molecule has 0 spiro atoms. The topological polar surface area (TPSA) is 61.4 Å². The predicted octanol–water partition coefficient (Wildman–Crippen LogP) is 3.42. The number of aryl methyl sites for hydroxylation is 1. The molecule has 2 aromatic carbocycles. The minimum atomic E-state index is -0.365. The van der Waals surface area contributed by atoms with Crippen LogP contribution in [0.15, 0.2) is 48.5 Å². The molecule has 0 heterocycles. The Bertz CT molecular complexity index is 668. The van der Waals surface area contributed by atoms with Gasteiger partial charge in [0.05, 0.1) is 12.6 Å². The van der Waals surface area contributed by atoms with Gasteiger partial charge in [-0.25, -0.2) is 0 Å². The van der Waals surface area contributed by atoms with E-state index in [4.69, 9.17) is 0 Å². The lowest BCUT2D eigenvalue weighted by molar-refractivity contribution is -0.122. The molecule has 4 nitrogen and oxygen atoms in total. The first kappa shape index (κ1) is 18.0. The fourth-order valence-electron chi connectivity index (χ4n) is 2.54. The van der Waals surface area contributed by atoms with Crippen LogP contribution in [-0.2, 0) is 17.8 Å². The van der Waals surface area contributed by atoms with E-state index in [-0.39, 0.29) is 24.6 Å². The normalized spacial score (nSPS) is 13.2. The van der Waals surface area contributed by atoms with Crippen LogP contribution in [0.1, 0.15) is 43.5 Å². The lowest BCUT2D eigenvalue weighted by Gasteiger charge is -2.20. The highest BCUT2D eigenvalue weighted by Crippen LogP contribution is 2.15. The maximum Gasteiger partial charge on any atom is 0.242 e. The molecule has 1 amide bonds. The number of hydrogen-bond donors (Lipinski definition) is 3. The van der Waals surface area contributed by atoms with Crippen molar-refractivity contribution in [1.29, 1.82) is 0 Å². The van der Waals surface area contributed by atoms with Crippen molar-refractivity contribution >= 4 is 11.6 Å². The molecule has 0 radical (unpaired) electrons. The van der Waals surface area contributed by atoms with Gasteiger partial charge in [-0.05, 0) is 49.1 Å². The van der Waals surface area contributed by atoms with E-state index in [1.165, 1.54) is 5.56 Å². The molecule has 24 heavy (non-hydrogen) atoms. The van der Waals surface area contributed by atoms with Crippen molar-refractivity contribution in [2.75, 3.05) is 5.32 Å². The van der Waals surface area contributed by atoms with Crippen molar-refractivity contribution in [2.45, 2.75) is 45.9 Å². The smallest absolute Gasteiger partial charge is 0.242 e. The average molecular weight is 326 g/mol. The molecular formula is C20H26N2O2. The summed E-state index contributed by atoms with van der Waals surface area (Å²) in [5, 5.41) is 15.4. The lowest BCUT2D eigenvalue weighted by Crippen LogP contribution is -2.38. The zero-order chi connectivity index (χ0) is 17.5. The molecular weight excluding hydrogens is 300 g/mol. The Labute approximate surface area is 143 Å². The van der Waals surface area contributed by atoms with Crippen LogP contribution in [0.25, 0.3) is 0 Å². The minimum Gasteiger partial charge on any atom is -0.392 e. The molecule has 0 aliphatic carbocycles.